The van der Waals surface area contributed by atoms with Gasteiger partial charge in [-0.15, -0.1) is 0 Å². The molecular formula is C31H35NO4. The number of H-pyrrole nitrogens is 1. The van der Waals surface area contributed by atoms with Crippen molar-refractivity contribution in [1.82, 2.24) is 4.98 Å². The number of aromatic carboxylic acids is 1. The van der Waals surface area contributed by atoms with Crippen LogP contribution < -0.4 is 15.4 Å². The number of unbranched alkanes of at least 4 members (excludes halogenated alkanes) is 4. The van der Waals surface area contributed by atoms with E-state index in [-0.39, 0.29) is 17.6 Å². The fraction of sp³-hybridized carbons (Fsp3) is 0.387. The van der Waals surface area contributed by atoms with E-state index < -0.39 is 5.97 Å². The molecule has 2 aliphatic rings. The van der Waals surface area contributed by atoms with Crippen LogP contribution >= 0.6 is 0 Å². The van der Waals surface area contributed by atoms with E-state index in [1.807, 2.05) is 6.08 Å². The average molecular weight is 486 g/mol. The van der Waals surface area contributed by atoms with Gasteiger partial charge in [-0.3, -0.25) is 0 Å². The number of fused-ring (bicyclic) bond motifs is 3. The Kier molecular flexibility index (Phi) is 7.45. The Morgan fingerprint density at radius 2 is 1.89 bits per heavy atom. The maximum Gasteiger partial charge on any atom is 0.371 e. The summed E-state index contributed by atoms with van der Waals surface area (Å²) in [4.78, 5) is 14.8. The molecule has 0 spiro atoms. The number of aromatic amines is 1. The van der Waals surface area contributed by atoms with Crippen LogP contribution in [0.25, 0.3) is 11.8 Å². The highest BCUT2D eigenvalue weighted by atomic mass is 16.6. The van der Waals surface area contributed by atoms with Crippen LogP contribution in [-0.4, -0.2) is 16.1 Å². The molecule has 0 aliphatic heterocycles. The normalized spacial score (nSPS) is 16.4. The highest BCUT2D eigenvalue weighted by Crippen LogP contribution is 2.29. The van der Waals surface area contributed by atoms with Crippen molar-refractivity contribution in [3.8, 4) is 5.95 Å². The Hall–Kier alpha value is -3.47. The lowest BCUT2D eigenvalue weighted by Crippen LogP contribution is -2.23. The zero-order valence-corrected chi connectivity index (χ0v) is 21.0. The van der Waals surface area contributed by atoms with Crippen molar-refractivity contribution in [3.05, 3.63) is 87.3 Å². The van der Waals surface area contributed by atoms with E-state index in [4.69, 9.17) is 14.3 Å². The third kappa shape index (κ3) is 5.35. The van der Waals surface area contributed by atoms with Crippen LogP contribution in [0, 0.1) is 0 Å². The van der Waals surface area contributed by atoms with E-state index in [1.54, 1.807) is 6.07 Å². The molecule has 0 saturated heterocycles. The lowest BCUT2D eigenvalue weighted by molar-refractivity contribution is 0.0657. The number of rotatable bonds is 11. The van der Waals surface area contributed by atoms with Gasteiger partial charge >= 0.3 is 5.97 Å². The predicted molar refractivity (Wildman–Crippen MR) is 142 cm³/mol. The smallest absolute Gasteiger partial charge is 0.371 e. The van der Waals surface area contributed by atoms with Gasteiger partial charge in [0.25, 0.3) is 5.95 Å². The summed E-state index contributed by atoms with van der Waals surface area (Å²) in [5.41, 5.74) is 5.43. The molecule has 2 aliphatic carbocycles. The molecule has 5 nitrogen and oxygen atoms in total. The molecule has 1 atom stereocenters. The monoisotopic (exact) mass is 485 g/mol. The topological polar surface area (TPSA) is 75.5 Å². The molecule has 2 heterocycles. The predicted octanol–water partition coefficient (Wildman–Crippen LogP) is 6.02. The van der Waals surface area contributed by atoms with E-state index in [9.17, 15) is 4.79 Å². The highest BCUT2D eigenvalue weighted by molar-refractivity contribution is 5.84. The fourth-order valence-electron chi connectivity index (χ4n) is 5.41. The van der Waals surface area contributed by atoms with Crippen LogP contribution in [0.5, 0.6) is 5.95 Å². The minimum atomic E-state index is -1.11. The summed E-state index contributed by atoms with van der Waals surface area (Å²) in [5.74, 6) is -0.147. The number of benzene rings is 1. The second kappa shape index (κ2) is 11.1. The lowest BCUT2D eigenvalue weighted by atomic mass is 9.85. The summed E-state index contributed by atoms with van der Waals surface area (Å²) < 4.78 is 11.4. The number of carboxylic acids is 1. The average Bonchev–Trinajstić information content (AvgIpc) is 3.52. The van der Waals surface area contributed by atoms with Crippen molar-refractivity contribution >= 4 is 17.8 Å². The Balaban J connectivity index is 1.36. The number of allylic oxidation sites excluding steroid dienone is 1. The van der Waals surface area contributed by atoms with Gasteiger partial charge in [-0.05, 0) is 72.9 Å². The Morgan fingerprint density at radius 1 is 1.08 bits per heavy atom. The summed E-state index contributed by atoms with van der Waals surface area (Å²) in [6.07, 6.45) is 18.4. The number of hydrogen-bond donors (Lipinski definition) is 2. The van der Waals surface area contributed by atoms with Crippen LogP contribution in [0.1, 0.15) is 90.6 Å². The van der Waals surface area contributed by atoms with Gasteiger partial charge in [0.15, 0.2) is 5.76 Å². The van der Waals surface area contributed by atoms with Crippen LogP contribution in [0.3, 0.4) is 0 Å². The van der Waals surface area contributed by atoms with E-state index >= 15 is 0 Å². The second-order valence-electron chi connectivity index (χ2n) is 9.94. The Bertz CT molecular complexity index is 1360. The molecule has 36 heavy (non-hydrogen) atoms. The largest absolute Gasteiger partial charge is 0.475 e. The zero-order chi connectivity index (χ0) is 24.9. The summed E-state index contributed by atoms with van der Waals surface area (Å²) >= 11 is 0. The minimum absolute atomic E-state index is 0.132. The van der Waals surface area contributed by atoms with Crippen molar-refractivity contribution in [2.24, 2.45) is 0 Å². The molecule has 5 rings (SSSR count). The van der Waals surface area contributed by atoms with Gasteiger partial charge < -0.3 is 19.2 Å². The molecule has 0 amide bonds. The van der Waals surface area contributed by atoms with Gasteiger partial charge in [-0.25, -0.2) is 4.79 Å². The molecule has 3 aromatic rings. The van der Waals surface area contributed by atoms with Crippen molar-refractivity contribution < 1.29 is 19.1 Å². The van der Waals surface area contributed by atoms with Crippen molar-refractivity contribution in [3.63, 3.8) is 0 Å². The second-order valence-corrected chi connectivity index (χ2v) is 9.94. The quantitative estimate of drug-likeness (QED) is 0.326. The van der Waals surface area contributed by atoms with Gasteiger partial charge in [0.05, 0.1) is 5.35 Å². The van der Waals surface area contributed by atoms with E-state index in [1.165, 1.54) is 65.8 Å². The molecule has 2 aromatic heterocycles. The first-order valence-electron chi connectivity index (χ1n) is 13.3. The number of furan rings is 1. The van der Waals surface area contributed by atoms with Crippen LogP contribution in [0.2, 0.25) is 0 Å². The number of aromatic nitrogens is 1. The molecule has 188 valence electrons. The molecule has 1 aromatic carbocycles. The van der Waals surface area contributed by atoms with Gasteiger partial charge in [0.2, 0.25) is 5.76 Å². The standard InChI is InChI=1S/C31H35NO4/c1-2-3-4-5-6-9-21-12-14-22(15-13-21)20-23-16-17-26(35-28-19-18-27(36-28)31(33)34)30-29(23)24-10-7-8-11-25(24)32-30/h11-19,23,32H,2-10,20H2,1H3,(H,33,34). The van der Waals surface area contributed by atoms with Gasteiger partial charge in [-0.2, -0.15) is 0 Å². The number of ether oxygens (including phenoxy) is 1. The van der Waals surface area contributed by atoms with Crippen molar-refractivity contribution in [1.29, 1.82) is 0 Å². The first kappa shape index (κ1) is 24.2. The Morgan fingerprint density at radius 3 is 2.67 bits per heavy atom. The summed E-state index contributed by atoms with van der Waals surface area (Å²) in [6.45, 7) is 2.26. The van der Waals surface area contributed by atoms with Crippen LogP contribution in [0.4, 0.5) is 0 Å². The van der Waals surface area contributed by atoms with Gasteiger partial charge in [-0.1, -0.05) is 69.0 Å². The third-order valence-corrected chi connectivity index (χ3v) is 7.31. The maximum atomic E-state index is 11.2. The summed E-state index contributed by atoms with van der Waals surface area (Å²) in [5, 5.41) is 11.3. The minimum Gasteiger partial charge on any atom is -0.475 e. The van der Waals surface area contributed by atoms with Crippen molar-refractivity contribution in [2.45, 2.75) is 77.0 Å². The number of carbonyl (C=O) groups is 1. The molecule has 0 saturated carbocycles. The number of nitrogens with one attached hydrogen (secondary N) is 1. The highest BCUT2D eigenvalue weighted by Gasteiger charge is 2.25. The number of aryl methyl sites for hydroxylation is 1. The lowest BCUT2D eigenvalue weighted by Gasteiger charge is -2.20. The van der Waals surface area contributed by atoms with E-state index in [0.717, 1.165) is 37.5 Å². The number of hydrogen-bond acceptors (Lipinski definition) is 3. The molecule has 2 N–H and O–H groups in total. The first-order chi connectivity index (χ1) is 17.6. The SMILES string of the molecule is CCCCCCCc1ccc(CC2C=CC(Oc3ccc(C(=O)O)o3)=c3[nH]c4c(c32)CCCC=4)cc1. The van der Waals surface area contributed by atoms with Crippen LogP contribution in [0.15, 0.2) is 53.0 Å². The molecule has 1 unspecified atom stereocenters. The Labute approximate surface area is 212 Å². The van der Waals surface area contributed by atoms with Crippen LogP contribution in [-0.2, 0) is 19.3 Å². The van der Waals surface area contributed by atoms with Crippen molar-refractivity contribution in [2.75, 3.05) is 0 Å². The van der Waals surface area contributed by atoms with Gasteiger partial charge in [0, 0.05) is 17.3 Å². The van der Waals surface area contributed by atoms with Gasteiger partial charge in [0.1, 0.15) is 0 Å². The summed E-state index contributed by atoms with van der Waals surface area (Å²) in [7, 11) is 0. The van der Waals surface area contributed by atoms with E-state index in [0.29, 0.717) is 5.76 Å². The molecular weight excluding hydrogens is 450 g/mol. The number of carboxylic acid groups (broad SMARTS) is 1. The molecule has 0 bridgehead atoms. The fourth-order valence-corrected chi connectivity index (χ4v) is 5.41. The maximum absolute atomic E-state index is 11.2. The molecule has 0 radical (unpaired) electrons. The molecule has 0 fully saturated rings. The third-order valence-electron chi connectivity index (χ3n) is 7.31. The first-order valence-corrected chi connectivity index (χ1v) is 13.3. The zero-order valence-electron chi connectivity index (χ0n) is 21.0. The van der Waals surface area contributed by atoms with E-state index in [2.05, 4.69) is 48.3 Å². The molecule has 5 heteroatoms. The summed E-state index contributed by atoms with van der Waals surface area (Å²) in [6, 6.07) is 12.1.